The Kier molecular flexibility index (Phi) is 4.84. The third kappa shape index (κ3) is 6.17. The van der Waals surface area contributed by atoms with Crippen molar-refractivity contribution in [3.8, 4) is 0 Å². The van der Waals surface area contributed by atoms with E-state index < -0.39 is 142 Å². The number of anilines is 6. The fourth-order valence-corrected chi connectivity index (χ4v) is 7.95. The van der Waals surface area contributed by atoms with Crippen LogP contribution in [-0.4, -0.2) is 6.71 Å². The third-order valence-electron chi connectivity index (χ3n) is 11.4. The van der Waals surface area contributed by atoms with Gasteiger partial charge in [-0.1, -0.05) is 143 Å². The highest BCUT2D eigenvalue weighted by Crippen LogP contribution is 2.50. The van der Waals surface area contributed by atoms with Crippen LogP contribution in [0.1, 0.15) is 138 Å². The van der Waals surface area contributed by atoms with Gasteiger partial charge in [0.15, 0.2) is 0 Å². The first kappa shape index (κ1) is 22.2. The van der Waals surface area contributed by atoms with Gasteiger partial charge in [0.25, 0.3) is 0 Å². The first-order valence-electron chi connectivity index (χ1n) is 30.8. The third-order valence-corrected chi connectivity index (χ3v) is 11.4. The molecule has 6 aromatic carbocycles. The molecule has 0 fully saturated rings. The molecule has 8 aromatic rings. The van der Waals surface area contributed by atoms with E-state index in [1.54, 1.807) is 62.3 Å². The molecule has 0 amide bonds. The molecule has 2 aliphatic heterocycles. The van der Waals surface area contributed by atoms with Crippen molar-refractivity contribution in [2.24, 2.45) is 0 Å². The maximum atomic E-state index is 10.2. The van der Waals surface area contributed by atoms with Crippen LogP contribution in [0.2, 0.25) is 0 Å². The van der Waals surface area contributed by atoms with E-state index in [0.29, 0.717) is 0 Å². The molecule has 0 aliphatic carbocycles. The van der Waals surface area contributed by atoms with Gasteiger partial charge in [0.1, 0.15) is 22.5 Å². The Morgan fingerprint density at radius 1 is 0.459 bits per heavy atom. The van der Waals surface area contributed by atoms with E-state index >= 15 is 0 Å². The van der Waals surface area contributed by atoms with Crippen LogP contribution in [0.5, 0.6) is 0 Å². The van der Waals surface area contributed by atoms with Crippen LogP contribution >= 0.6 is 0 Å². The molecule has 2 aliphatic rings. The Morgan fingerprint density at radius 3 is 1.28 bits per heavy atom. The highest BCUT2D eigenvalue weighted by molar-refractivity contribution is 6.99. The summed E-state index contributed by atoms with van der Waals surface area (Å²) in [4.78, 5) is 2.39. The van der Waals surface area contributed by atoms with Crippen LogP contribution in [0, 0.1) is 6.92 Å². The van der Waals surface area contributed by atoms with Crippen LogP contribution in [-0.2, 0) is 21.7 Å². The number of hydrogen-bond donors (Lipinski definition) is 0. The molecular formula is C56H57BN2O2. The lowest BCUT2D eigenvalue weighted by Gasteiger charge is -2.41. The van der Waals surface area contributed by atoms with Gasteiger partial charge < -0.3 is 18.6 Å². The van der Waals surface area contributed by atoms with Crippen LogP contribution in [0.4, 0.5) is 34.1 Å². The number of fused-ring (bicyclic) bond motifs is 8. The van der Waals surface area contributed by atoms with E-state index in [2.05, 4.69) is 0 Å². The van der Waals surface area contributed by atoms with E-state index in [4.69, 9.17) is 15.7 Å². The predicted octanol–water partition coefficient (Wildman–Crippen LogP) is 13.8. The molecule has 2 aromatic heterocycles. The molecule has 0 saturated heterocycles. The largest absolute Gasteiger partial charge is 0.468 e. The van der Waals surface area contributed by atoms with Gasteiger partial charge in [0, 0.05) is 38.9 Å². The van der Waals surface area contributed by atoms with Crippen molar-refractivity contribution in [2.45, 2.75) is 105 Å². The van der Waals surface area contributed by atoms with E-state index in [1.807, 2.05) is 0 Å². The van der Waals surface area contributed by atoms with Gasteiger partial charge in [-0.15, -0.1) is 0 Å². The standard InChI is InChI=1S/C56H57BN2O2/c1-34-30-44-48-45(31-34)59(41-26-20-37(21-27-41)56(11,12)36-16-14-13-15-17-36)50-43-33-39(55(8,9)10)23-29-47(43)61-52(50)57(48)51-49(42-32-38(54(5,6)7)22-28-46(42)60-51)58(44)40-24-18-35(19-25-40)53(2,3)4/h13-33H,1-12H3/i13D,14D,15D,16D,17D,18D,19D,20D,21D,22D,23D,24D,25D,26D,27D,28D,29D,30D,31D,32D,33D. The number of benzene rings is 6. The molecular weight excluding hydrogens is 743 g/mol. The summed E-state index contributed by atoms with van der Waals surface area (Å²) in [5, 5.41) is -0.302. The summed E-state index contributed by atoms with van der Waals surface area (Å²) in [6.45, 7) is 18.3. The fourth-order valence-electron chi connectivity index (χ4n) is 7.95. The number of furan rings is 2. The van der Waals surface area contributed by atoms with Gasteiger partial charge in [-0.2, -0.15) is 0 Å². The van der Waals surface area contributed by atoms with Gasteiger partial charge in [0.2, 0.25) is 0 Å². The molecule has 4 nitrogen and oxygen atoms in total. The predicted molar refractivity (Wildman–Crippen MR) is 259 cm³/mol. The summed E-state index contributed by atoms with van der Waals surface area (Å²) in [5.41, 5.74) is -8.64. The minimum atomic E-state index is -1.84. The second kappa shape index (κ2) is 13.3. The van der Waals surface area contributed by atoms with Crippen molar-refractivity contribution in [2.75, 3.05) is 9.80 Å². The lowest BCUT2D eigenvalue weighted by atomic mass is 9.37. The second-order valence-corrected chi connectivity index (χ2v) is 19.5. The topological polar surface area (TPSA) is 32.8 Å². The smallest absolute Gasteiger partial charge is 0.342 e. The van der Waals surface area contributed by atoms with Crippen molar-refractivity contribution in [3.05, 3.63) is 160 Å². The maximum absolute atomic E-state index is 10.2. The molecule has 0 atom stereocenters. The molecule has 0 unspecified atom stereocenters. The zero-order valence-corrected chi connectivity index (χ0v) is 36.3. The van der Waals surface area contributed by atoms with Crippen molar-refractivity contribution in [1.82, 2.24) is 0 Å². The number of nitrogens with zero attached hydrogens (tertiary/aromatic N) is 2. The minimum Gasteiger partial charge on any atom is -0.468 e. The average molecular weight is 822 g/mol. The molecule has 0 radical (unpaired) electrons. The zero-order chi connectivity index (χ0) is 61.2. The summed E-state index contributed by atoms with van der Waals surface area (Å²) >= 11 is 0. The summed E-state index contributed by atoms with van der Waals surface area (Å²) in [6.07, 6.45) is 0. The van der Waals surface area contributed by atoms with E-state index in [9.17, 15) is 21.9 Å². The molecule has 4 heterocycles. The quantitative estimate of drug-likeness (QED) is 0.166. The lowest BCUT2D eigenvalue weighted by Crippen LogP contribution is -2.60. The molecule has 61 heavy (non-hydrogen) atoms. The van der Waals surface area contributed by atoms with E-state index in [-0.39, 0.29) is 119 Å². The molecule has 306 valence electrons. The SMILES string of the molecule is [2H]c1c([2H])c([2H])c(C(C)(C)c2c([2H])c([2H])c(N3c4c([2H])c(C)c([2H])c5c4B(c4oc6c([2H])c([2H])c(C(C)(C)C)c([2H])c6c4N5c4c([2H])c([2H])c(C(C)(C)C)c([2H])c4[2H])c4oc5c([2H])c([2H])c(C(C)(C)C)c([2H])c5c43)c([2H])c2[2H])c([2H])c1[2H]. The molecule has 0 saturated carbocycles. The van der Waals surface area contributed by atoms with Crippen molar-refractivity contribution < 1.29 is 37.6 Å². The Balaban J connectivity index is 1.47. The van der Waals surface area contributed by atoms with Crippen LogP contribution < -0.4 is 26.6 Å². The Labute approximate surface area is 391 Å². The van der Waals surface area contributed by atoms with Crippen molar-refractivity contribution in [3.63, 3.8) is 0 Å². The van der Waals surface area contributed by atoms with Crippen molar-refractivity contribution >= 4 is 79.6 Å². The van der Waals surface area contributed by atoms with E-state index in [0.717, 1.165) is 4.90 Å². The van der Waals surface area contributed by atoms with Gasteiger partial charge in [-0.3, -0.25) is 0 Å². The Morgan fingerprint density at radius 2 is 0.852 bits per heavy atom. The Bertz CT molecular complexity index is 4170. The number of rotatable bonds is 4. The average Bonchev–Trinajstić information content (AvgIpc) is 1.40. The first-order chi connectivity index (χ1) is 37.6. The van der Waals surface area contributed by atoms with Crippen LogP contribution in [0.3, 0.4) is 0 Å². The summed E-state index contributed by atoms with van der Waals surface area (Å²) < 4.78 is 213. The molecule has 0 spiro atoms. The van der Waals surface area contributed by atoms with Gasteiger partial charge in [-0.25, -0.2) is 0 Å². The summed E-state index contributed by atoms with van der Waals surface area (Å²) in [7, 11) is 0. The summed E-state index contributed by atoms with van der Waals surface area (Å²) in [6, 6.07) is -11.8. The highest BCUT2D eigenvalue weighted by atomic mass is 16.3. The van der Waals surface area contributed by atoms with Gasteiger partial charge >= 0.3 is 6.71 Å². The first-order valence-corrected chi connectivity index (χ1v) is 20.3. The maximum Gasteiger partial charge on any atom is 0.342 e. The van der Waals surface area contributed by atoms with Crippen LogP contribution in [0.15, 0.2) is 136 Å². The number of hydrogen-bond acceptors (Lipinski definition) is 4. The normalized spacial score (nSPS) is 19.0. The van der Waals surface area contributed by atoms with Gasteiger partial charge in [0.05, 0.1) is 40.2 Å². The Hall–Kier alpha value is -5.94. The molecule has 5 heteroatoms. The molecule has 0 bridgehead atoms. The van der Waals surface area contributed by atoms with Crippen LogP contribution in [0.25, 0.3) is 21.9 Å². The zero-order valence-electron chi connectivity index (χ0n) is 57.3. The molecule has 0 N–H and O–H groups in total. The lowest BCUT2D eigenvalue weighted by molar-refractivity contribution is 0.590. The fraction of sp³-hybridized carbons (Fsp3) is 0.286. The van der Waals surface area contributed by atoms with Crippen molar-refractivity contribution in [1.29, 1.82) is 0 Å². The minimum absolute atomic E-state index is 0.0492. The highest BCUT2D eigenvalue weighted by Gasteiger charge is 2.50. The second-order valence-electron chi connectivity index (χ2n) is 19.5. The van der Waals surface area contributed by atoms with Gasteiger partial charge in [-0.05, 0) is 122 Å². The van der Waals surface area contributed by atoms with E-state index in [1.165, 1.54) is 25.7 Å². The molecule has 10 rings (SSSR count). The summed E-state index contributed by atoms with van der Waals surface area (Å²) in [5.74, 6) is 0. The monoisotopic (exact) mass is 822 g/mol.